The van der Waals surface area contributed by atoms with Crippen molar-refractivity contribution in [3.63, 3.8) is 0 Å². The number of aryl methyl sites for hydroxylation is 1. The number of sulfonamides is 1. The van der Waals surface area contributed by atoms with E-state index in [1.807, 2.05) is 0 Å². The van der Waals surface area contributed by atoms with Crippen LogP contribution in [-0.4, -0.2) is 24.5 Å². The van der Waals surface area contributed by atoms with Crippen molar-refractivity contribution in [2.24, 2.45) is 7.05 Å². The van der Waals surface area contributed by atoms with Gasteiger partial charge in [0.2, 0.25) is 0 Å². The molecule has 0 atom stereocenters. The summed E-state index contributed by atoms with van der Waals surface area (Å²) in [5.41, 5.74) is 0. The zero-order valence-corrected chi connectivity index (χ0v) is 7.74. The van der Waals surface area contributed by atoms with Crippen molar-refractivity contribution in [2.45, 2.75) is 5.03 Å². The van der Waals surface area contributed by atoms with Crippen LogP contribution in [0.5, 0.6) is 0 Å². The van der Waals surface area contributed by atoms with Gasteiger partial charge in [0.1, 0.15) is 0 Å². The Kier molecular flexibility index (Phi) is 2.65. The van der Waals surface area contributed by atoms with Gasteiger partial charge in [-0.3, -0.25) is 0 Å². The third-order valence-electron chi connectivity index (χ3n) is 1.30. The number of hydrogen-bond donors (Lipinski definition) is 1. The fraction of sp³-hybridized carbons (Fsp3) is 0.333. The van der Waals surface area contributed by atoms with Crippen LogP contribution in [0.15, 0.2) is 17.6 Å². The summed E-state index contributed by atoms with van der Waals surface area (Å²) in [5, 5.41) is 8.10. The van der Waals surface area contributed by atoms with Crippen LogP contribution in [0.25, 0.3) is 0 Å². The van der Waals surface area contributed by atoms with Crippen molar-refractivity contribution in [3.05, 3.63) is 12.5 Å². The van der Waals surface area contributed by atoms with E-state index in [2.05, 4.69) is 9.71 Å². The van der Waals surface area contributed by atoms with Crippen molar-refractivity contribution < 1.29 is 8.42 Å². The molecule has 1 rings (SSSR count). The highest BCUT2D eigenvalue weighted by atomic mass is 32.2. The predicted octanol–water partition coefficient (Wildman–Crippen LogP) is -0.778. The third-order valence-corrected chi connectivity index (χ3v) is 2.58. The van der Waals surface area contributed by atoms with E-state index < -0.39 is 10.0 Å². The van der Waals surface area contributed by atoms with Crippen molar-refractivity contribution in [2.75, 3.05) is 6.54 Å². The Balaban J connectivity index is 2.89. The largest absolute Gasteiger partial charge is 0.339 e. The number of nitrogens with zero attached hydrogens (tertiary/aromatic N) is 3. The van der Waals surface area contributed by atoms with E-state index in [9.17, 15) is 8.42 Å². The minimum absolute atomic E-state index is 0.0785. The molecule has 0 radical (unpaired) electrons. The zero-order valence-electron chi connectivity index (χ0n) is 6.93. The highest BCUT2D eigenvalue weighted by molar-refractivity contribution is 7.89. The Labute approximate surface area is 75.9 Å². The number of rotatable bonds is 3. The Morgan fingerprint density at radius 3 is 2.92 bits per heavy atom. The first kappa shape index (κ1) is 9.70. The third kappa shape index (κ3) is 2.27. The second kappa shape index (κ2) is 3.55. The second-order valence-electron chi connectivity index (χ2n) is 2.36. The molecule has 6 nitrogen and oxygen atoms in total. The van der Waals surface area contributed by atoms with Gasteiger partial charge in [-0.25, -0.2) is 13.4 Å². The molecule has 0 spiro atoms. The monoisotopic (exact) mass is 200 g/mol. The smallest absolute Gasteiger partial charge is 0.260 e. The Morgan fingerprint density at radius 2 is 2.46 bits per heavy atom. The lowest BCUT2D eigenvalue weighted by molar-refractivity contribution is 0.582. The zero-order chi connectivity index (χ0) is 9.90. The van der Waals surface area contributed by atoms with E-state index in [0.29, 0.717) is 0 Å². The van der Waals surface area contributed by atoms with E-state index in [1.165, 1.54) is 17.1 Å². The number of nitriles is 1. The maximum atomic E-state index is 11.3. The Hall–Kier alpha value is -1.39. The normalized spacial score (nSPS) is 11.1. The number of hydrogen-bond acceptors (Lipinski definition) is 4. The molecule has 0 amide bonds. The summed E-state index contributed by atoms with van der Waals surface area (Å²) >= 11 is 0. The lowest BCUT2D eigenvalue weighted by Crippen LogP contribution is -2.24. The van der Waals surface area contributed by atoms with Gasteiger partial charge in [-0.05, 0) is 0 Å². The molecule has 0 aliphatic heterocycles. The molecule has 13 heavy (non-hydrogen) atoms. The molecule has 0 aliphatic rings. The van der Waals surface area contributed by atoms with Crippen LogP contribution in [0.3, 0.4) is 0 Å². The summed E-state index contributed by atoms with van der Waals surface area (Å²) in [5.74, 6) is 0. The molecule has 70 valence electrons. The van der Waals surface area contributed by atoms with E-state index in [0.717, 1.165) is 0 Å². The van der Waals surface area contributed by atoms with Crippen LogP contribution in [0.1, 0.15) is 0 Å². The molecule has 0 saturated heterocycles. The van der Waals surface area contributed by atoms with Crippen LogP contribution in [0.4, 0.5) is 0 Å². The van der Waals surface area contributed by atoms with Crippen LogP contribution in [0.2, 0.25) is 0 Å². The lowest BCUT2D eigenvalue weighted by atomic mass is 10.8. The molecule has 0 aliphatic carbocycles. The highest BCUT2D eigenvalue weighted by Crippen LogP contribution is 2.02. The van der Waals surface area contributed by atoms with Crippen LogP contribution >= 0.6 is 0 Å². The molecular weight excluding hydrogens is 192 g/mol. The summed E-state index contributed by atoms with van der Waals surface area (Å²) in [6.45, 7) is -0.251. The van der Waals surface area contributed by atoms with Crippen molar-refractivity contribution in [3.8, 4) is 6.07 Å². The first-order valence-electron chi connectivity index (χ1n) is 3.41. The summed E-state index contributed by atoms with van der Waals surface area (Å²) < 4.78 is 26.1. The first-order valence-corrected chi connectivity index (χ1v) is 4.89. The maximum absolute atomic E-state index is 11.3. The number of aromatic nitrogens is 2. The minimum Gasteiger partial charge on any atom is -0.339 e. The molecule has 1 heterocycles. The molecule has 0 aromatic carbocycles. The standard InChI is InChI=1S/C6H8N4O2S/c1-10-4-6(8-5-10)13(11,12)9-3-2-7/h4-5,9H,3H2,1H3. The molecule has 0 bridgehead atoms. The fourth-order valence-electron chi connectivity index (χ4n) is 0.729. The average molecular weight is 200 g/mol. The lowest BCUT2D eigenvalue weighted by Gasteiger charge is -1.97. The summed E-state index contributed by atoms with van der Waals surface area (Å²) in [7, 11) is -1.94. The van der Waals surface area contributed by atoms with Gasteiger partial charge in [0, 0.05) is 13.2 Å². The molecular formula is C6H8N4O2S. The summed E-state index contributed by atoms with van der Waals surface area (Å²) in [6, 6.07) is 1.68. The Morgan fingerprint density at radius 1 is 1.77 bits per heavy atom. The van der Waals surface area contributed by atoms with E-state index in [-0.39, 0.29) is 11.6 Å². The molecule has 0 saturated carbocycles. The molecule has 1 aromatic heterocycles. The molecule has 7 heteroatoms. The number of nitrogens with one attached hydrogen (secondary N) is 1. The van der Waals surface area contributed by atoms with Crippen LogP contribution in [-0.2, 0) is 17.1 Å². The van der Waals surface area contributed by atoms with Gasteiger partial charge in [-0.2, -0.15) is 9.98 Å². The van der Waals surface area contributed by atoms with Crippen LogP contribution < -0.4 is 4.72 Å². The second-order valence-corrected chi connectivity index (χ2v) is 4.07. The summed E-state index contributed by atoms with van der Waals surface area (Å²) in [4.78, 5) is 3.64. The fourth-order valence-corrected chi connectivity index (χ4v) is 1.62. The van der Waals surface area contributed by atoms with Gasteiger partial charge in [0.25, 0.3) is 10.0 Å². The van der Waals surface area contributed by atoms with Gasteiger partial charge in [0.15, 0.2) is 5.03 Å². The minimum atomic E-state index is -3.61. The van der Waals surface area contributed by atoms with Crippen molar-refractivity contribution in [1.29, 1.82) is 5.26 Å². The van der Waals surface area contributed by atoms with Gasteiger partial charge in [-0.1, -0.05) is 0 Å². The molecule has 1 N–H and O–H groups in total. The molecule has 0 unspecified atom stereocenters. The first-order chi connectivity index (χ1) is 6.06. The highest BCUT2D eigenvalue weighted by Gasteiger charge is 2.15. The topological polar surface area (TPSA) is 87.8 Å². The van der Waals surface area contributed by atoms with Crippen molar-refractivity contribution >= 4 is 10.0 Å². The SMILES string of the molecule is Cn1cnc(S(=O)(=O)NCC#N)c1. The van der Waals surface area contributed by atoms with E-state index in [4.69, 9.17) is 5.26 Å². The van der Waals surface area contributed by atoms with E-state index >= 15 is 0 Å². The van der Waals surface area contributed by atoms with E-state index in [1.54, 1.807) is 13.1 Å². The average Bonchev–Trinajstić information content (AvgIpc) is 2.49. The molecule has 1 aromatic rings. The predicted molar refractivity (Wildman–Crippen MR) is 44.0 cm³/mol. The van der Waals surface area contributed by atoms with Gasteiger partial charge in [0.05, 0.1) is 18.9 Å². The van der Waals surface area contributed by atoms with Crippen molar-refractivity contribution in [1.82, 2.24) is 14.3 Å². The van der Waals surface area contributed by atoms with Gasteiger partial charge >= 0.3 is 0 Å². The summed E-state index contributed by atoms with van der Waals surface area (Å²) in [6.07, 6.45) is 2.74. The van der Waals surface area contributed by atoms with Gasteiger partial charge < -0.3 is 4.57 Å². The Bertz CT molecular complexity index is 428. The molecule has 0 fully saturated rings. The number of imidazole rings is 1. The quantitative estimate of drug-likeness (QED) is 0.648. The van der Waals surface area contributed by atoms with Gasteiger partial charge in [-0.15, -0.1) is 0 Å². The van der Waals surface area contributed by atoms with Crippen LogP contribution in [0, 0.1) is 11.3 Å². The maximum Gasteiger partial charge on any atom is 0.260 e.